The first-order valence-corrected chi connectivity index (χ1v) is 12.1. The molecule has 2 aromatic rings. The van der Waals surface area contributed by atoms with Crippen molar-refractivity contribution in [3.8, 4) is 11.5 Å². The van der Waals surface area contributed by atoms with Gasteiger partial charge in [-0.1, -0.05) is 6.07 Å². The van der Waals surface area contributed by atoms with Crippen LogP contribution in [-0.4, -0.2) is 47.5 Å². The third kappa shape index (κ3) is 6.03. The molecule has 2 N–H and O–H groups in total. The summed E-state index contributed by atoms with van der Waals surface area (Å²) in [7, 11) is -1.65. The summed E-state index contributed by atoms with van der Waals surface area (Å²) in [4.78, 5) is 2.39. The smallest absolute Gasteiger partial charge is 0.229 e. The van der Waals surface area contributed by atoms with Gasteiger partial charge in [0.1, 0.15) is 0 Å². The second kappa shape index (κ2) is 10.0. The summed E-state index contributed by atoms with van der Waals surface area (Å²) in [6.45, 7) is 5.24. The first kappa shape index (κ1) is 22.2. The lowest BCUT2D eigenvalue weighted by atomic mass is 10.0. The van der Waals surface area contributed by atoms with Crippen molar-refractivity contribution >= 4 is 21.4 Å². The summed E-state index contributed by atoms with van der Waals surface area (Å²) in [6, 6.07) is 14.0. The SMILES string of the molecule is CCOc1cc(CN(c2ccc(NS(C)(=O)=O)cc2)C2CCNCC2)ccc1OC. The Morgan fingerprint density at radius 1 is 1.10 bits per heavy atom. The topological polar surface area (TPSA) is 79.9 Å². The third-order valence-electron chi connectivity index (χ3n) is 5.13. The van der Waals surface area contributed by atoms with Crippen molar-refractivity contribution in [3.63, 3.8) is 0 Å². The van der Waals surface area contributed by atoms with Crippen molar-refractivity contribution < 1.29 is 17.9 Å². The molecule has 1 saturated heterocycles. The van der Waals surface area contributed by atoms with Crippen molar-refractivity contribution in [2.24, 2.45) is 0 Å². The Bertz CT molecular complexity index is 926. The van der Waals surface area contributed by atoms with Crippen molar-refractivity contribution in [2.45, 2.75) is 32.4 Å². The Morgan fingerprint density at radius 3 is 2.40 bits per heavy atom. The zero-order valence-electron chi connectivity index (χ0n) is 17.8. The molecular formula is C22H31N3O4S. The summed E-state index contributed by atoms with van der Waals surface area (Å²) >= 11 is 0. The molecule has 1 aliphatic rings. The molecule has 7 nitrogen and oxygen atoms in total. The van der Waals surface area contributed by atoms with E-state index in [0.29, 0.717) is 18.3 Å². The Labute approximate surface area is 179 Å². The Morgan fingerprint density at radius 2 is 1.80 bits per heavy atom. The zero-order valence-corrected chi connectivity index (χ0v) is 18.7. The van der Waals surface area contributed by atoms with Gasteiger partial charge in [0.2, 0.25) is 10.0 Å². The van der Waals surface area contributed by atoms with E-state index in [4.69, 9.17) is 9.47 Å². The second-order valence-electron chi connectivity index (χ2n) is 7.45. The highest BCUT2D eigenvalue weighted by atomic mass is 32.2. The molecule has 0 saturated carbocycles. The van der Waals surface area contributed by atoms with Crippen molar-refractivity contribution in [3.05, 3.63) is 48.0 Å². The lowest BCUT2D eigenvalue weighted by molar-refractivity contribution is 0.310. The van der Waals surface area contributed by atoms with Crippen LogP contribution in [-0.2, 0) is 16.6 Å². The van der Waals surface area contributed by atoms with Crippen LogP contribution in [0.5, 0.6) is 11.5 Å². The van der Waals surface area contributed by atoms with Crippen LogP contribution in [0.1, 0.15) is 25.3 Å². The van der Waals surface area contributed by atoms with Crippen LogP contribution in [0, 0.1) is 0 Å². The summed E-state index contributed by atoms with van der Waals surface area (Å²) in [5, 5.41) is 3.42. The number of benzene rings is 2. The van der Waals surface area contributed by atoms with Gasteiger partial charge in [0, 0.05) is 24.0 Å². The van der Waals surface area contributed by atoms with Crippen LogP contribution in [0.2, 0.25) is 0 Å². The molecule has 0 unspecified atom stereocenters. The molecule has 0 amide bonds. The van der Waals surface area contributed by atoms with Crippen molar-refractivity contribution in [1.82, 2.24) is 5.32 Å². The predicted molar refractivity (Wildman–Crippen MR) is 121 cm³/mol. The van der Waals surface area contributed by atoms with Gasteiger partial charge in [-0.15, -0.1) is 0 Å². The van der Waals surface area contributed by atoms with Crippen molar-refractivity contribution in [2.75, 3.05) is 42.7 Å². The average Bonchev–Trinajstić information content (AvgIpc) is 2.73. The van der Waals surface area contributed by atoms with Crippen LogP contribution in [0.25, 0.3) is 0 Å². The lowest BCUT2D eigenvalue weighted by Crippen LogP contribution is -2.43. The summed E-state index contributed by atoms with van der Waals surface area (Å²) < 4.78 is 36.7. The molecule has 0 bridgehead atoms. The van der Waals surface area contributed by atoms with Crippen LogP contribution in [0.4, 0.5) is 11.4 Å². The molecule has 1 heterocycles. The van der Waals surface area contributed by atoms with E-state index in [1.165, 1.54) is 0 Å². The number of methoxy groups -OCH3 is 1. The van der Waals surface area contributed by atoms with Gasteiger partial charge in [-0.05, 0) is 74.8 Å². The van der Waals surface area contributed by atoms with E-state index in [9.17, 15) is 8.42 Å². The van der Waals surface area contributed by atoms with E-state index in [0.717, 1.165) is 61.5 Å². The highest BCUT2D eigenvalue weighted by molar-refractivity contribution is 7.92. The molecule has 2 aromatic carbocycles. The van der Waals surface area contributed by atoms with Gasteiger partial charge in [0.15, 0.2) is 11.5 Å². The van der Waals surface area contributed by atoms with Gasteiger partial charge in [0.25, 0.3) is 0 Å². The van der Waals surface area contributed by atoms with Crippen molar-refractivity contribution in [1.29, 1.82) is 0 Å². The first-order chi connectivity index (χ1) is 14.4. The van der Waals surface area contributed by atoms with Crippen LogP contribution >= 0.6 is 0 Å². The maximum atomic E-state index is 11.5. The molecule has 0 radical (unpaired) electrons. The van der Waals surface area contributed by atoms with Gasteiger partial charge in [-0.2, -0.15) is 0 Å². The third-order valence-corrected chi connectivity index (χ3v) is 5.74. The van der Waals surface area contributed by atoms with Gasteiger partial charge >= 0.3 is 0 Å². The Kier molecular flexibility index (Phi) is 7.44. The van der Waals surface area contributed by atoms with E-state index in [1.54, 1.807) is 7.11 Å². The second-order valence-corrected chi connectivity index (χ2v) is 9.20. The normalized spacial score (nSPS) is 14.9. The number of hydrogen-bond acceptors (Lipinski definition) is 6. The number of piperidine rings is 1. The minimum Gasteiger partial charge on any atom is -0.493 e. The maximum absolute atomic E-state index is 11.5. The predicted octanol–water partition coefficient (Wildman–Crippen LogP) is 3.22. The number of nitrogens with one attached hydrogen (secondary N) is 2. The quantitative estimate of drug-likeness (QED) is 0.632. The maximum Gasteiger partial charge on any atom is 0.229 e. The van der Waals surface area contributed by atoms with Gasteiger partial charge in [0.05, 0.1) is 20.0 Å². The van der Waals surface area contributed by atoms with Crippen LogP contribution in [0.3, 0.4) is 0 Å². The average molecular weight is 434 g/mol. The molecular weight excluding hydrogens is 402 g/mol. The number of sulfonamides is 1. The number of rotatable bonds is 9. The fraction of sp³-hybridized carbons (Fsp3) is 0.455. The molecule has 3 rings (SSSR count). The lowest BCUT2D eigenvalue weighted by Gasteiger charge is -2.37. The molecule has 0 aliphatic carbocycles. The molecule has 8 heteroatoms. The first-order valence-electron chi connectivity index (χ1n) is 10.2. The van der Waals surface area contributed by atoms with Gasteiger partial charge in [-0.25, -0.2) is 8.42 Å². The van der Waals surface area contributed by atoms with E-state index in [1.807, 2.05) is 43.3 Å². The zero-order chi connectivity index (χ0) is 21.6. The van der Waals surface area contributed by atoms with Crippen LogP contribution in [0.15, 0.2) is 42.5 Å². The minimum absolute atomic E-state index is 0.401. The fourth-order valence-electron chi connectivity index (χ4n) is 3.77. The number of hydrogen-bond donors (Lipinski definition) is 2. The van der Waals surface area contributed by atoms with E-state index < -0.39 is 10.0 Å². The Balaban J connectivity index is 1.87. The number of anilines is 2. The number of ether oxygens (including phenoxy) is 2. The van der Waals surface area contributed by atoms with E-state index in [2.05, 4.69) is 21.0 Å². The number of nitrogens with zero attached hydrogens (tertiary/aromatic N) is 1. The summed E-state index contributed by atoms with van der Waals surface area (Å²) in [5.41, 5.74) is 2.76. The highest BCUT2D eigenvalue weighted by Crippen LogP contribution is 2.31. The molecule has 30 heavy (non-hydrogen) atoms. The van der Waals surface area contributed by atoms with Gasteiger partial charge < -0.3 is 19.7 Å². The summed E-state index contributed by atoms with van der Waals surface area (Å²) in [6.07, 6.45) is 3.26. The van der Waals surface area contributed by atoms with Gasteiger partial charge in [-0.3, -0.25) is 4.72 Å². The van der Waals surface area contributed by atoms with Crippen LogP contribution < -0.4 is 24.4 Å². The summed E-state index contributed by atoms with van der Waals surface area (Å²) in [5.74, 6) is 1.47. The fourth-order valence-corrected chi connectivity index (χ4v) is 4.33. The van der Waals surface area contributed by atoms with E-state index >= 15 is 0 Å². The standard InChI is InChI=1S/C22H31N3O4S/c1-4-29-22-15-17(5-10-21(22)28-2)16-25(20-11-13-23-14-12-20)19-8-6-18(7-9-19)24-30(3,26)27/h5-10,15,20,23-24H,4,11-14,16H2,1-3H3. The monoisotopic (exact) mass is 433 g/mol. The molecule has 1 fully saturated rings. The molecule has 1 aliphatic heterocycles. The largest absolute Gasteiger partial charge is 0.493 e. The highest BCUT2D eigenvalue weighted by Gasteiger charge is 2.22. The molecule has 164 valence electrons. The molecule has 0 spiro atoms. The van der Waals surface area contributed by atoms with E-state index in [-0.39, 0.29) is 0 Å². The minimum atomic E-state index is -3.29. The molecule has 0 aromatic heterocycles. The molecule has 0 atom stereocenters. The Hall–Kier alpha value is -2.45.